The molecule has 0 spiro atoms. The van der Waals surface area contributed by atoms with Crippen LogP contribution in [0.2, 0.25) is 5.02 Å². The lowest BCUT2D eigenvalue weighted by molar-refractivity contribution is 0.136. The highest BCUT2D eigenvalue weighted by Crippen LogP contribution is 2.30. The molecule has 0 radical (unpaired) electrons. The van der Waals surface area contributed by atoms with Gasteiger partial charge in [-0.15, -0.1) is 11.3 Å². The second-order valence-corrected chi connectivity index (χ2v) is 5.48. The maximum Gasteiger partial charge on any atom is 0.0622 e. The molecule has 0 amide bonds. The molecule has 2 heterocycles. The third-order valence-corrected chi connectivity index (χ3v) is 4.49. The van der Waals surface area contributed by atoms with E-state index in [1.54, 1.807) is 11.3 Å². The standard InChI is InChI=1S/C11H17ClN2OS/c1-14(9-2-3-15-6-9)10(5-13)11-4-8(12)7-16-11/h4,7,9-10H,2-3,5-6,13H2,1H3. The van der Waals surface area contributed by atoms with E-state index in [2.05, 4.69) is 11.9 Å². The summed E-state index contributed by atoms with van der Waals surface area (Å²) in [6.45, 7) is 2.29. The van der Waals surface area contributed by atoms with E-state index in [4.69, 9.17) is 22.1 Å². The van der Waals surface area contributed by atoms with Crippen LogP contribution in [0.15, 0.2) is 11.4 Å². The van der Waals surface area contributed by atoms with Crippen LogP contribution in [0.4, 0.5) is 0 Å². The molecule has 90 valence electrons. The SMILES string of the molecule is CN(C1CCOC1)C(CN)c1cc(Cl)cs1. The normalized spacial score (nSPS) is 22.9. The molecule has 1 fully saturated rings. The van der Waals surface area contributed by atoms with Gasteiger partial charge in [0.2, 0.25) is 0 Å². The summed E-state index contributed by atoms with van der Waals surface area (Å²) in [7, 11) is 2.12. The molecule has 0 saturated carbocycles. The summed E-state index contributed by atoms with van der Waals surface area (Å²) in [5.41, 5.74) is 5.86. The minimum absolute atomic E-state index is 0.254. The van der Waals surface area contributed by atoms with E-state index in [0.717, 1.165) is 24.7 Å². The second kappa shape index (κ2) is 5.47. The Morgan fingerprint density at radius 2 is 2.56 bits per heavy atom. The number of rotatable bonds is 4. The lowest BCUT2D eigenvalue weighted by Gasteiger charge is -2.30. The van der Waals surface area contributed by atoms with Crippen LogP contribution in [-0.4, -0.2) is 37.7 Å². The van der Waals surface area contributed by atoms with Gasteiger partial charge in [0.1, 0.15) is 0 Å². The lowest BCUT2D eigenvalue weighted by atomic mass is 10.1. The van der Waals surface area contributed by atoms with Crippen molar-refractivity contribution in [3.8, 4) is 0 Å². The van der Waals surface area contributed by atoms with Crippen LogP contribution >= 0.6 is 22.9 Å². The molecule has 3 nitrogen and oxygen atoms in total. The number of halogens is 1. The molecular formula is C11H17ClN2OS. The first-order valence-corrected chi connectivity index (χ1v) is 6.72. The Kier molecular flexibility index (Phi) is 4.21. The van der Waals surface area contributed by atoms with Crippen LogP contribution in [-0.2, 0) is 4.74 Å². The highest BCUT2D eigenvalue weighted by molar-refractivity contribution is 7.10. The largest absolute Gasteiger partial charge is 0.380 e. The lowest BCUT2D eigenvalue weighted by Crippen LogP contribution is -2.38. The third kappa shape index (κ3) is 2.57. The number of thiophene rings is 1. The summed E-state index contributed by atoms with van der Waals surface area (Å²) in [5.74, 6) is 0. The van der Waals surface area contributed by atoms with Crippen molar-refractivity contribution in [2.45, 2.75) is 18.5 Å². The smallest absolute Gasteiger partial charge is 0.0622 e. The average Bonchev–Trinajstić information content (AvgIpc) is 2.90. The van der Waals surface area contributed by atoms with E-state index in [1.807, 2.05) is 11.4 Å². The van der Waals surface area contributed by atoms with E-state index in [1.165, 1.54) is 4.88 Å². The summed E-state index contributed by atoms with van der Waals surface area (Å²) >= 11 is 7.63. The van der Waals surface area contributed by atoms with Crippen molar-refractivity contribution >= 4 is 22.9 Å². The van der Waals surface area contributed by atoms with Gasteiger partial charge in [0.15, 0.2) is 0 Å². The Bertz CT molecular complexity index is 338. The summed E-state index contributed by atoms with van der Waals surface area (Å²) in [4.78, 5) is 3.55. The molecule has 1 aromatic rings. The van der Waals surface area contributed by atoms with Crippen LogP contribution in [0.1, 0.15) is 17.3 Å². The summed E-state index contributed by atoms with van der Waals surface area (Å²) in [6, 6.07) is 2.74. The Balaban J connectivity index is 2.09. The fraction of sp³-hybridized carbons (Fsp3) is 0.636. The minimum atomic E-state index is 0.254. The first kappa shape index (κ1) is 12.3. The molecule has 5 heteroatoms. The van der Waals surface area contributed by atoms with Crippen LogP contribution in [0, 0.1) is 0 Å². The minimum Gasteiger partial charge on any atom is -0.380 e. The van der Waals surface area contributed by atoms with E-state index >= 15 is 0 Å². The number of nitrogens with two attached hydrogens (primary N) is 1. The predicted octanol–water partition coefficient (Wildman–Crippen LogP) is 2.12. The van der Waals surface area contributed by atoms with Crippen molar-refractivity contribution in [2.75, 3.05) is 26.8 Å². The Hall–Kier alpha value is -0.130. The summed E-state index contributed by atoms with van der Waals surface area (Å²) in [5, 5.41) is 2.76. The number of likely N-dealkylation sites (N-methyl/N-ethyl adjacent to an activating group) is 1. The van der Waals surface area contributed by atoms with Crippen molar-refractivity contribution in [1.82, 2.24) is 4.90 Å². The number of hydrogen-bond donors (Lipinski definition) is 1. The zero-order valence-electron chi connectivity index (χ0n) is 9.36. The van der Waals surface area contributed by atoms with Gasteiger partial charge in [0, 0.05) is 29.5 Å². The highest BCUT2D eigenvalue weighted by Gasteiger charge is 2.27. The van der Waals surface area contributed by atoms with Gasteiger partial charge in [-0.25, -0.2) is 0 Å². The van der Waals surface area contributed by atoms with Crippen molar-refractivity contribution in [3.05, 3.63) is 21.3 Å². The maximum atomic E-state index is 5.95. The van der Waals surface area contributed by atoms with Crippen LogP contribution in [0.25, 0.3) is 0 Å². The number of hydrogen-bond acceptors (Lipinski definition) is 4. The Morgan fingerprint density at radius 3 is 3.06 bits per heavy atom. The molecule has 2 atom stereocenters. The monoisotopic (exact) mass is 260 g/mol. The van der Waals surface area contributed by atoms with Gasteiger partial charge >= 0.3 is 0 Å². The van der Waals surface area contributed by atoms with Crippen LogP contribution in [0.3, 0.4) is 0 Å². The summed E-state index contributed by atoms with van der Waals surface area (Å²) < 4.78 is 5.41. The molecule has 0 aliphatic carbocycles. The molecule has 1 aromatic heterocycles. The molecule has 2 N–H and O–H groups in total. The average molecular weight is 261 g/mol. The highest BCUT2D eigenvalue weighted by atomic mass is 35.5. The quantitative estimate of drug-likeness (QED) is 0.901. The van der Waals surface area contributed by atoms with Crippen molar-refractivity contribution in [3.63, 3.8) is 0 Å². The van der Waals surface area contributed by atoms with Gasteiger partial charge in [-0.2, -0.15) is 0 Å². The van der Waals surface area contributed by atoms with Crippen molar-refractivity contribution < 1.29 is 4.74 Å². The van der Waals surface area contributed by atoms with Crippen LogP contribution < -0.4 is 5.73 Å². The molecule has 2 unspecified atom stereocenters. The third-order valence-electron chi connectivity index (χ3n) is 3.11. The molecule has 1 saturated heterocycles. The zero-order valence-corrected chi connectivity index (χ0v) is 10.9. The fourth-order valence-electron chi connectivity index (χ4n) is 2.08. The van der Waals surface area contributed by atoms with Gasteiger partial charge in [-0.1, -0.05) is 11.6 Å². The molecule has 16 heavy (non-hydrogen) atoms. The number of nitrogens with zero attached hydrogens (tertiary/aromatic N) is 1. The Morgan fingerprint density at radius 1 is 1.75 bits per heavy atom. The van der Waals surface area contributed by atoms with Crippen LogP contribution in [0.5, 0.6) is 0 Å². The molecule has 2 rings (SSSR count). The van der Waals surface area contributed by atoms with E-state index in [0.29, 0.717) is 12.6 Å². The van der Waals surface area contributed by atoms with Gasteiger partial charge in [0.25, 0.3) is 0 Å². The van der Waals surface area contributed by atoms with Crippen molar-refractivity contribution in [2.24, 2.45) is 5.73 Å². The molecule has 0 bridgehead atoms. The predicted molar refractivity (Wildman–Crippen MR) is 68.1 cm³/mol. The first-order chi connectivity index (χ1) is 7.72. The van der Waals surface area contributed by atoms with Gasteiger partial charge in [0.05, 0.1) is 17.7 Å². The maximum absolute atomic E-state index is 5.95. The molecule has 1 aliphatic heterocycles. The van der Waals surface area contributed by atoms with E-state index in [-0.39, 0.29) is 6.04 Å². The zero-order chi connectivity index (χ0) is 11.5. The first-order valence-electron chi connectivity index (χ1n) is 5.46. The van der Waals surface area contributed by atoms with Gasteiger partial charge in [-0.3, -0.25) is 4.90 Å². The topological polar surface area (TPSA) is 38.5 Å². The van der Waals surface area contributed by atoms with E-state index < -0.39 is 0 Å². The van der Waals surface area contributed by atoms with Gasteiger partial charge < -0.3 is 10.5 Å². The van der Waals surface area contributed by atoms with Gasteiger partial charge in [-0.05, 0) is 19.5 Å². The van der Waals surface area contributed by atoms with E-state index in [9.17, 15) is 0 Å². The molecule has 1 aliphatic rings. The van der Waals surface area contributed by atoms with Crippen molar-refractivity contribution in [1.29, 1.82) is 0 Å². The number of ether oxygens (including phenoxy) is 1. The molecular weight excluding hydrogens is 244 g/mol. The molecule has 0 aromatic carbocycles. The second-order valence-electron chi connectivity index (χ2n) is 4.10. The summed E-state index contributed by atoms with van der Waals surface area (Å²) in [6.07, 6.45) is 1.09. The Labute approximate surface area is 105 Å². The fourth-order valence-corrected chi connectivity index (χ4v) is 3.33.